The summed E-state index contributed by atoms with van der Waals surface area (Å²) in [6, 6.07) is 14.8. The van der Waals surface area contributed by atoms with E-state index < -0.39 is 0 Å². The molecule has 0 aliphatic heterocycles. The summed E-state index contributed by atoms with van der Waals surface area (Å²) < 4.78 is 10.6. The maximum Gasteiger partial charge on any atom is 0.188 e. The van der Waals surface area contributed by atoms with Crippen LogP contribution in [0.5, 0.6) is 11.5 Å². The summed E-state index contributed by atoms with van der Waals surface area (Å²) in [5.41, 5.74) is 9.94. The molecule has 0 amide bonds. The molecule has 1 aliphatic carbocycles. The van der Waals surface area contributed by atoms with Crippen molar-refractivity contribution in [3.63, 3.8) is 0 Å². The molecule has 1 saturated carbocycles. The Balaban J connectivity index is 1.50. The predicted octanol–water partition coefficient (Wildman–Crippen LogP) is 3.02. The molecule has 0 saturated heterocycles. The van der Waals surface area contributed by atoms with E-state index in [4.69, 9.17) is 15.2 Å². The van der Waals surface area contributed by atoms with Crippen LogP contribution in [0.2, 0.25) is 0 Å². The molecule has 2 atom stereocenters. The molecule has 0 spiro atoms. The van der Waals surface area contributed by atoms with Gasteiger partial charge in [0, 0.05) is 18.5 Å². The summed E-state index contributed by atoms with van der Waals surface area (Å²) in [6.45, 7) is 2.79. The van der Waals surface area contributed by atoms with E-state index in [0.717, 1.165) is 29.9 Å². The number of rotatable bonds is 7. The average molecular weight is 353 g/mol. The smallest absolute Gasteiger partial charge is 0.188 e. The molecule has 138 valence electrons. The number of hydrogen-bond donors (Lipinski definition) is 2. The largest absolute Gasteiger partial charge is 0.493 e. The van der Waals surface area contributed by atoms with E-state index in [-0.39, 0.29) is 0 Å². The number of benzene rings is 2. The first-order valence-electron chi connectivity index (χ1n) is 8.95. The van der Waals surface area contributed by atoms with Crippen LogP contribution in [0.15, 0.2) is 47.5 Å². The van der Waals surface area contributed by atoms with Gasteiger partial charge in [0.05, 0.1) is 14.2 Å². The van der Waals surface area contributed by atoms with Crippen molar-refractivity contribution in [1.82, 2.24) is 5.32 Å². The van der Waals surface area contributed by atoms with Gasteiger partial charge in [-0.2, -0.15) is 0 Å². The minimum atomic E-state index is 0.390. The van der Waals surface area contributed by atoms with Gasteiger partial charge in [-0.25, -0.2) is 0 Å². The lowest BCUT2D eigenvalue weighted by molar-refractivity contribution is 0.354. The van der Waals surface area contributed by atoms with Crippen molar-refractivity contribution < 1.29 is 9.47 Å². The fraction of sp³-hybridized carbons (Fsp3) is 0.381. The zero-order valence-corrected chi connectivity index (χ0v) is 15.7. The van der Waals surface area contributed by atoms with Crippen LogP contribution in [0.3, 0.4) is 0 Å². The Labute approximate surface area is 155 Å². The van der Waals surface area contributed by atoms with Gasteiger partial charge in [0.15, 0.2) is 17.5 Å². The standard InChI is InChI=1S/C21H27N3O2/c1-14-6-4-5-7-16(14)17-13-18(17)24-21(22)23-11-10-15-8-9-19(25-2)20(12-15)26-3/h4-9,12,17-18H,10-11,13H2,1-3H3,(H3,22,23,24). The van der Waals surface area contributed by atoms with Crippen molar-refractivity contribution in [2.24, 2.45) is 10.7 Å². The van der Waals surface area contributed by atoms with Gasteiger partial charge in [0.1, 0.15) is 0 Å². The van der Waals surface area contributed by atoms with E-state index in [1.54, 1.807) is 14.2 Å². The lowest BCUT2D eigenvalue weighted by atomic mass is 10.0. The summed E-state index contributed by atoms with van der Waals surface area (Å²) in [6.07, 6.45) is 1.91. The molecule has 0 radical (unpaired) electrons. The van der Waals surface area contributed by atoms with E-state index in [0.29, 0.717) is 24.5 Å². The van der Waals surface area contributed by atoms with E-state index in [9.17, 15) is 0 Å². The number of aliphatic imine (C=N–C) groups is 1. The molecular formula is C21H27N3O2. The Kier molecular flexibility index (Phi) is 5.66. The number of methoxy groups -OCH3 is 2. The lowest BCUT2D eigenvalue weighted by Crippen LogP contribution is -2.34. The number of ether oxygens (including phenoxy) is 2. The number of hydrogen-bond acceptors (Lipinski definition) is 3. The Morgan fingerprint density at radius 1 is 1.15 bits per heavy atom. The van der Waals surface area contributed by atoms with Crippen LogP contribution >= 0.6 is 0 Å². The predicted molar refractivity (Wildman–Crippen MR) is 105 cm³/mol. The van der Waals surface area contributed by atoms with Gasteiger partial charge in [-0.05, 0) is 48.6 Å². The van der Waals surface area contributed by atoms with Crippen LogP contribution < -0.4 is 20.5 Å². The van der Waals surface area contributed by atoms with Gasteiger partial charge in [-0.1, -0.05) is 30.3 Å². The van der Waals surface area contributed by atoms with Crippen molar-refractivity contribution in [3.8, 4) is 11.5 Å². The van der Waals surface area contributed by atoms with Gasteiger partial charge in [-0.15, -0.1) is 0 Å². The van der Waals surface area contributed by atoms with Crippen LogP contribution in [-0.4, -0.2) is 32.8 Å². The minimum Gasteiger partial charge on any atom is -0.493 e. The Morgan fingerprint density at radius 2 is 1.92 bits per heavy atom. The highest BCUT2D eigenvalue weighted by Crippen LogP contribution is 2.41. The Bertz CT molecular complexity index is 789. The minimum absolute atomic E-state index is 0.390. The summed E-state index contributed by atoms with van der Waals surface area (Å²) in [5, 5.41) is 3.34. The summed E-state index contributed by atoms with van der Waals surface area (Å²) in [4.78, 5) is 4.46. The van der Waals surface area contributed by atoms with Crippen LogP contribution in [0.25, 0.3) is 0 Å². The molecule has 0 aromatic heterocycles. The molecule has 2 unspecified atom stereocenters. The molecule has 1 fully saturated rings. The van der Waals surface area contributed by atoms with Crippen molar-refractivity contribution in [3.05, 3.63) is 59.2 Å². The van der Waals surface area contributed by atoms with E-state index >= 15 is 0 Å². The highest BCUT2D eigenvalue weighted by Gasteiger charge is 2.39. The zero-order valence-electron chi connectivity index (χ0n) is 15.7. The van der Waals surface area contributed by atoms with Crippen molar-refractivity contribution in [2.45, 2.75) is 31.7 Å². The highest BCUT2D eigenvalue weighted by molar-refractivity contribution is 5.78. The summed E-state index contributed by atoms with van der Waals surface area (Å²) in [7, 11) is 3.28. The maximum atomic E-state index is 6.05. The molecule has 1 aliphatic rings. The molecule has 0 bridgehead atoms. The molecule has 5 heteroatoms. The third-order valence-electron chi connectivity index (χ3n) is 4.84. The van der Waals surface area contributed by atoms with E-state index in [1.807, 2.05) is 18.2 Å². The molecule has 2 aromatic carbocycles. The van der Waals surface area contributed by atoms with Crippen molar-refractivity contribution in [1.29, 1.82) is 0 Å². The normalized spacial score (nSPS) is 19.1. The number of guanidine groups is 1. The van der Waals surface area contributed by atoms with Gasteiger partial charge in [-0.3, -0.25) is 4.99 Å². The van der Waals surface area contributed by atoms with Crippen LogP contribution in [0.1, 0.15) is 29.0 Å². The van der Waals surface area contributed by atoms with E-state index in [1.165, 1.54) is 11.1 Å². The highest BCUT2D eigenvalue weighted by atomic mass is 16.5. The molecule has 0 heterocycles. The summed E-state index contributed by atoms with van der Waals surface area (Å²) in [5.74, 6) is 2.53. The number of nitrogens with two attached hydrogens (primary N) is 1. The second kappa shape index (κ2) is 8.13. The fourth-order valence-electron chi connectivity index (χ4n) is 3.28. The van der Waals surface area contributed by atoms with Crippen molar-refractivity contribution in [2.75, 3.05) is 20.8 Å². The van der Waals surface area contributed by atoms with E-state index in [2.05, 4.69) is 41.5 Å². The number of nitrogens with one attached hydrogen (secondary N) is 1. The lowest BCUT2D eigenvalue weighted by Gasteiger charge is -2.09. The van der Waals surface area contributed by atoms with Gasteiger partial charge < -0.3 is 20.5 Å². The second-order valence-corrected chi connectivity index (χ2v) is 6.66. The fourth-order valence-corrected chi connectivity index (χ4v) is 3.28. The Hall–Kier alpha value is -2.69. The average Bonchev–Trinajstić information content (AvgIpc) is 3.40. The molecular weight excluding hydrogens is 326 g/mol. The Morgan fingerprint density at radius 3 is 2.65 bits per heavy atom. The summed E-state index contributed by atoms with van der Waals surface area (Å²) >= 11 is 0. The third-order valence-corrected chi connectivity index (χ3v) is 4.84. The SMILES string of the molecule is COc1ccc(CCN=C(N)NC2CC2c2ccccc2C)cc1OC. The van der Waals surface area contributed by atoms with Gasteiger partial charge >= 0.3 is 0 Å². The first-order valence-corrected chi connectivity index (χ1v) is 8.95. The van der Waals surface area contributed by atoms with Gasteiger partial charge in [0.2, 0.25) is 0 Å². The number of aryl methyl sites for hydroxylation is 1. The molecule has 3 N–H and O–H groups in total. The maximum absolute atomic E-state index is 6.05. The van der Waals surface area contributed by atoms with Gasteiger partial charge in [0.25, 0.3) is 0 Å². The molecule has 5 nitrogen and oxygen atoms in total. The first kappa shape index (κ1) is 18.1. The monoisotopic (exact) mass is 353 g/mol. The zero-order chi connectivity index (χ0) is 18.5. The van der Waals surface area contributed by atoms with Crippen molar-refractivity contribution >= 4 is 5.96 Å². The number of nitrogens with zero attached hydrogens (tertiary/aromatic N) is 1. The molecule has 3 rings (SSSR count). The second-order valence-electron chi connectivity index (χ2n) is 6.66. The van der Waals surface area contributed by atoms with Crippen LogP contribution in [-0.2, 0) is 6.42 Å². The van der Waals surface area contributed by atoms with Crippen LogP contribution in [0.4, 0.5) is 0 Å². The van der Waals surface area contributed by atoms with Crippen LogP contribution in [0, 0.1) is 6.92 Å². The third kappa shape index (κ3) is 4.28. The molecule has 2 aromatic rings. The molecule has 26 heavy (non-hydrogen) atoms. The topological polar surface area (TPSA) is 68.9 Å². The quantitative estimate of drug-likeness (QED) is 0.593. The first-order chi connectivity index (χ1) is 12.6.